The van der Waals surface area contributed by atoms with Crippen molar-refractivity contribution in [2.45, 2.75) is 26.4 Å². The number of anilines is 2. The van der Waals surface area contributed by atoms with Gasteiger partial charge in [0, 0.05) is 13.1 Å². The van der Waals surface area contributed by atoms with Gasteiger partial charge in [0.2, 0.25) is 0 Å². The maximum atomic E-state index is 12.5. The Hall–Kier alpha value is -1.53. The molecule has 4 nitrogen and oxygen atoms in total. The Morgan fingerprint density at radius 1 is 1.28 bits per heavy atom. The molecule has 0 radical (unpaired) electrons. The zero-order valence-corrected chi connectivity index (χ0v) is 10.5. The van der Waals surface area contributed by atoms with Gasteiger partial charge in [0.1, 0.15) is 18.2 Å². The number of hydrogen-bond donors (Lipinski definition) is 1. The van der Waals surface area contributed by atoms with Crippen molar-refractivity contribution < 1.29 is 13.2 Å². The minimum atomic E-state index is -4.25. The zero-order valence-electron chi connectivity index (χ0n) is 10.5. The molecule has 0 aliphatic rings. The van der Waals surface area contributed by atoms with Crippen LogP contribution in [0.15, 0.2) is 12.4 Å². The van der Waals surface area contributed by atoms with Gasteiger partial charge in [0.15, 0.2) is 0 Å². The summed E-state index contributed by atoms with van der Waals surface area (Å²) in [6.07, 6.45) is -0.790. The summed E-state index contributed by atoms with van der Waals surface area (Å²) < 4.78 is 37.4. The minimum Gasteiger partial charge on any atom is -0.369 e. The van der Waals surface area contributed by atoms with Crippen molar-refractivity contribution in [1.82, 2.24) is 9.97 Å². The molecule has 102 valence electrons. The average molecular weight is 262 g/mol. The van der Waals surface area contributed by atoms with Crippen LogP contribution in [0.5, 0.6) is 0 Å². The summed E-state index contributed by atoms with van der Waals surface area (Å²) in [5.74, 6) is 0.728. The van der Waals surface area contributed by atoms with Gasteiger partial charge in [-0.1, -0.05) is 6.92 Å². The first-order chi connectivity index (χ1) is 8.46. The first-order valence-corrected chi connectivity index (χ1v) is 5.84. The summed E-state index contributed by atoms with van der Waals surface area (Å²) in [5, 5.41) is 2.93. The van der Waals surface area contributed by atoms with E-state index in [1.165, 1.54) is 17.3 Å². The van der Waals surface area contributed by atoms with E-state index < -0.39 is 12.7 Å². The van der Waals surface area contributed by atoms with E-state index >= 15 is 0 Å². The fourth-order valence-electron chi connectivity index (χ4n) is 1.54. The summed E-state index contributed by atoms with van der Waals surface area (Å²) in [6, 6.07) is 0. The molecule has 1 heterocycles. The predicted octanol–water partition coefficient (Wildman–Crippen LogP) is 2.69. The third-order valence-corrected chi connectivity index (χ3v) is 2.17. The van der Waals surface area contributed by atoms with Crippen LogP contribution in [0, 0.1) is 0 Å². The molecule has 1 aromatic rings. The van der Waals surface area contributed by atoms with Crippen LogP contribution in [0.25, 0.3) is 0 Å². The number of rotatable bonds is 6. The Balaban J connectivity index is 2.87. The molecule has 1 rings (SSSR count). The molecular formula is C11H17F3N4. The number of aromatic nitrogens is 2. The monoisotopic (exact) mass is 262 g/mol. The van der Waals surface area contributed by atoms with E-state index in [9.17, 15) is 13.2 Å². The third kappa shape index (κ3) is 4.77. The number of hydrogen-bond acceptors (Lipinski definition) is 4. The summed E-state index contributed by atoms with van der Waals surface area (Å²) in [4.78, 5) is 9.21. The number of alkyl halides is 3. The normalized spacial score (nSPS) is 11.4. The Kier molecular flexibility index (Phi) is 5.18. The van der Waals surface area contributed by atoms with Crippen molar-refractivity contribution in [3.63, 3.8) is 0 Å². The molecule has 0 atom stereocenters. The molecule has 1 N–H and O–H groups in total. The van der Waals surface area contributed by atoms with E-state index in [4.69, 9.17) is 0 Å². The lowest BCUT2D eigenvalue weighted by Crippen LogP contribution is -2.35. The van der Waals surface area contributed by atoms with Gasteiger partial charge in [-0.15, -0.1) is 0 Å². The molecule has 0 saturated carbocycles. The predicted molar refractivity (Wildman–Crippen MR) is 64.8 cm³/mol. The molecule has 0 saturated heterocycles. The summed E-state index contributed by atoms with van der Waals surface area (Å²) >= 11 is 0. The van der Waals surface area contributed by atoms with Crippen LogP contribution in [0.3, 0.4) is 0 Å². The molecule has 0 amide bonds. The Morgan fingerprint density at radius 2 is 2.00 bits per heavy atom. The molecule has 0 bridgehead atoms. The largest absolute Gasteiger partial charge is 0.405 e. The van der Waals surface area contributed by atoms with Gasteiger partial charge in [0.25, 0.3) is 0 Å². The molecule has 0 spiro atoms. The van der Waals surface area contributed by atoms with Crippen molar-refractivity contribution >= 4 is 11.6 Å². The van der Waals surface area contributed by atoms with E-state index in [2.05, 4.69) is 15.3 Å². The van der Waals surface area contributed by atoms with Gasteiger partial charge < -0.3 is 10.2 Å². The molecule has 0 aromatic carbocycles. The summed E-state index contributed by atoms with van der Waals surface area (Å²) in [5.41, 5.74) is 0. The van der Waals surface area contributed by atoms with Crippen LogP contribution >= 0.6 is 0 Å². The average Bonchev–Trinajstić information content (AvgIpc) is 2.28. The highest BCUT2D eigenvalue weighted by Gasteiger charge is 2.31. The Labute approximate surface area is 104 Å². The summed E-state index contributed by atoms with van der Waals surface area (Å²) in [7, 11) is 0. The van der Waals surface area contributed by atoms with Gasteiger partial charge in [-0.05, 0) is 13.3 Å². The molecule has 1 aromatic heterocycles. The molecule has 7 heteroatoms. The van der Waals surface area contributed by atoms with Gasteiger partial charge in [0.05, 0.1) is 12.4 Å². The van der Waals surface area contributed by atoms with Crippen molar-refractivity contribution in [3.8, 4) is 0 Å². The Bertz CT molecular complexity index is 368. The molecule has 0 aliphatic carbocycles. The lowest BCUT2D eigenvalue weighted by Gasteiger charge is -2.24. The number of halogens is 3. The van der Waals surface area contributed by atoms with E-state index in [0.29, 0.717) is 25.3 Å². The highest BCUT2D eigenvalue weighted by atomic mass is 19.4. The van der Waals surface area contributed by atoms with Crippen LogP contribution in [0.1, 0.15) is 20.3 Å². The molecule has 18 heavy (non-hydrogen) atoms. The van der Waals surface area contributed by atoms with Gasteiger partial charge >= 0.3 is 6.18 Å². The van der Waals surface area contributed by atoms with Crippen molar-refractivity contribution in [2.24, 2.45) is 0 Å². The standard InChI is InChI=1S/C11H17F3N4/c1-3-5-18(8-11(12,13)14)10-7-15-6-9(17-10)16-4-2/h6-7H,3-5,8H2,1-2H3,(H,16,17). The quantitative estimate of drug-likeness (QED) is 0.855. The second-order valence-electron chi connectivity index (χ2n) is 3.83. The fourth-order valence-corrected chi connectivity index (χ4v) is 1.54. The van der Waals surface area contributed by atoms with E-state index in [-0.39, 0.29) is 5.82 Å². The zero-order chi connectivity index (χ0) is 13.6. The maximum Gasteiger partial charge on any atom is 0.405 e. The topological polar surface area (TPSA) is 41.1 Å². The summed E-state index contributed by atoms with van der Waals surface area (Å²) in [6.45, 7) is 3.64. The smallest absolute Gasteiger partial charge is 0.369 e. The van der Waals surface area contributed by atoms with Crippen LogP contribution in [-0.2, 0) is 0 Å². The highest BCUT2D eigenvalue weighted by Crippen LogP contribution is 2.21. The van der Waals surface area contributed by atoms with Gasteiger partial charge in [-0.25, -0.2) is 4.98 Å². The lowest BCUT2D eigenvalue weighted by molar-refractivity contribution is -0.119. The van der Waals surface area contributed by atoms with Crippen LogP contribution in [0.2, 0.25) is 0 Å². The van der Waals surface area contributed by atoms with E-state index in [1.807, 2.05) is 13.8 Å². The highest BCUT2D eigenvalue weighted by molar-refractivity contribution is 5.43. The number of nitrogens with one attached hydrogen (secondary N) is 1. The third-order valence-electron chi connectivity index (χ3n) is 2.17. The van der Waals surface area contributed by atoms with Crippen molar-refractivity contribution in [2.75, 3.05) is 29.9 Å². The minimum absolute atomic E-state index is 0.243. The first-order valence-electron chi connectivity index (χ1n) is 5.84. The molecule has 0 aliphatic heterocycles. The second-order valence-corrected chi connectivity index (χ2v) is 3.83. The second kappa shape index (κ2) is 6.42. The first kappa shape index (κ1) is 14.5. The van der Waals surface area contributed by atoms with Crippen molar-refractivity contribution in [1.29, 1.82) is 0 Å². The maximum absolute atomic E-state index is 12.5. The van der Waals surface area contributed by atoms with Gasteiger partial charge in [-0.2, -0.15) is 13.2 Å². The SMILES string of the molecule is CCCN(CC(F)(F)F)c1cncc(NCC)n1. The fraction of sp³-hybridized carbons (Fsp3) is 0.636. The van der Waals surface area contributed by atoms with Crippen LogP contribution in [0.4, 0.5) is 24.8 Å². The van der Waals surface area contributed by atoms with Crippen LogP contribution in [-0.4, -0.2) is 35.8 Å². The van der Waals surface area contributed by atoms with Gasteiger partial charge in [-0.3, -0.25) is 4.98 Å². The molecule has 0 fully saturated rings. The Morgan fingerprint density at radius 3 is 2.56 bits per heavy atom. The van der Waals surface area contributed by atoms with Crippen molar-refractivity contribution in [3.05, 3.63) is 12.4 Å². The lowest BCUT2D eigenvalue weighted by atomic mass is 10.4. The molecular weight excluding hydrogens is 245 g/mol. The molecule has 0 unspecified atom stereocenters. The van der Waals surface area contributed by atoms with E-state index in [1.54, 1.807) is 0 Å². The number of nitrogens with zero attached hydrogens (tertiary/aromatic N) is 3. The van der Waals surface area contributed by atoms with Crippen LogP contribution < -0.4 is 10.2 Å². The van der Waals surface area contributed by atoms with E-state index in [0.717, 1.165) is 0 Å².